The largest absolute Gasteiger partial charge is 0.298 e. The minimum absolute atomic E-state index is 0.273. The summed E-state index contributed by atoms with van der Waals surface area (Å²) in [5.41, 5.74) is 0. The molecule has 1 saturated carbocycles. The van der Waals surface area contributed by atoms with Gasteiger partial charge in [0.1, 0.15) is 5.78 Å². The molecule has 1 aliphatic carbocycles. The van der Waals surface area contributed by atoms with Gasteiger partial charge in [0.2, 0.25) is 0 Å². The molecule has 2 atom stereocenters. The highest BCUT2D eigenvalue weighted by Crippen LogP contribution is 2.28. The van der Waals surface area contributed by atoms with Crippen molar-refractivity contribution in [3.8, 4) is 0 Å². The molecule has 17 heavy (non-hydrogen) atoms. The number of hydrogen-bond acceptors (Lipinski definition) is 2. The molecule has 0 aromatic carbocycles. The van der Waals surface area contributed by atoms with E-state index in [-0.39, 0.29) is 6.04 Å². The third-order valence-electron chi connectivity index (χ3n) is 4.71. The van der Waals surface area contributed by atoms with Crippen LogP contribution in [0.15, 0.2) is 0 Å². The van der Waals surface area contributed by atoms with Gasteiger partial charge in [0.05, 0.1) is 6.04 Å². The van der Waals surface area contributed by atoms with Crippen LogP contribution < -0.4 is 0 Å². The van der Waals surface area contributed by atoms with Crippen LogP contribution in [-0.4, -0.2) is 29.8 Å². The summed E-state index contributed by atoms with van der Waals surface area (Å²) in [7, 11) is 0. The molecule has 98 valence electrons. The van der Waals surface area contributed by atoms with Crippen LogP contribution in [0.4, 0.5) is 0 Å². The molecule has 1 heterocycles. The lowest BCUT2D eigenvalue weighted by molar-refractivity contribution is -0.126. The molecule has 2 nitrogen and oxygen atoms in total. The van der Waals surface area contributed by atoms with E-state index < -0.39 is 0 Å². The highest BCUT2D eigenvalue weighted by Gasteiger charge is 2.30. The van der Waals surface area contributed by atoms with Crippen LogP contribution in [0.25, 0.3) is 0 Å². The Morgan fingerprint density at radius 1 is 1.06 bits per heavy atom. The van der Waals surface area contributed by atoms with Gasteiger partial charge in [0.25, 0.3) is 0 Å². The summed E-state index contributed by atoms with van der Waals surface area (Å²) in [6.07, 6.45) is 8.25. The Bertz CT molecular complexity index is 262. The number of carbonyl (C=O) groups excluding carboxylic acids is 1. The Morgan fingerprint density at radius 3 is 2.59 bits per heavy atom. The summed E-state index contributed by atoms with van der Waals surface area (Å²) < 4.78 is 0. The molecule has 0 spiro atoms. The second-order valence-corrected chi connectivity index (χ2v) is 6.20. The van der Waals surface area contributed by atoms with Gasteiger partial charge in [0.15, 0.2) is 0 Å². The molecular formula is C15H27NO. The first-order valence-corrected chi connectivity index (χ1v) is 7.45. The van der Waals surface area contributed by atoms with Gasteiger partial charge in [-0.2, -0.15) is 0 Å². The van der Waals surface area contributed by atoms with Crippen LogP contribution in [0.1, 0.15) is 58.8 Å². The van der Waals surface area contributed by atoms with Crippen molar-refractivity contribution in [2.24, 2.45) is 11.8 Å². The number of Topliss-reactive ketones (excluding diaryl/α,β-unsaturated/α-hetero) is 1. The van der Waals surface area contributed by atoms with E-state index in [4.69, 9.17) is 0 Å². The first-order chi connectivity index (χ1) is 8.18. The smallest absolute Gasteiger partial charge is 0.149 e. The lowest BCUT2D eigenvalue weighted by Gasteiger charge is -2.32. The van der Waals surface area contributed by atoms with Gasteiger partial charge in [-0.1, -0.05) is 20.3 Å². The zero-order valence-corrected chi connectivity index (χ0v) is 11.5. The molecule has 1 saturated heterocycles. The molecule has 2 fully saturated rings. The lowest BCUT2D eigenvalue weighted by atomic mass is 9.89. The van der Waals surface area contributed by atoms with E-state index in [0.29, 0.717) is 5.78 Å². The topological polar surface area (TPSA) is 20.3 Å². The van der Waals surface area contributed by atoms with Crippen molar-refractivity contribution < 1.29 is 4.79 Å². The SMILES string of the molecule is CC(C)C1CCCN(C2CCCCC2=O)CC1. The maximum Gasteiger partial charge on any atom is 0.149 e. The van der Waals surface area contributed by atoms with E-state index in [1.807, 2.05) is 0 Å². The first kappa shape index (κ1) is 13.1. The van der Waals surface area contributed by atoms with Crippen LogP contribution in [0.5, 0.6) is 0 Å². The fourth-order valence-corrected chi connectivity index (χ4v) is 3.47. The first-order valence-electron chi connectivity index (χ1n) is 7.45. The quantitative estimate of drug-likeness (QED) is 0.735. The number of carbonyl (C=O) groups is 1. The third-order valence-corrected chi connectivity index (χ3v) is 4.71. The van der Waals surface area contributed by atoms with Gasteiger partial charge in [0, 0.05) is 6.42 Å². The van der Waals surface area contributed by atoms with Gasteiger partial charge in [-0.05, 0) is 57.0 Å². The predicted molar refractivity (Wildman–Crippen MR) is 71.0 cm³/mol. The molecule has 1 aliphatic heterocycles. The van der Waals surface area contributed by atoms with Crippen molar-refractivity contribution in [1.29, 1.82) is 0 Å². The average molecular weight is 237 g/mol. The maximum absolute atomic E-state index is 12.0. The monoisotopic (exact) mass is 237 g/mol. The van der Waals surface area contributed by atoms with Gasteiger partial charge in [-0.25, -0.2) is 0 Å². The summed E-state index contributed by atoms with van der Waals surface area (Å²) in [6, 6.07) is 0.273. The normalized spacial score (nSPS) is 32.8. The van der Waals surface area contributed by atoms with Gasteiger partial charge in [-0.15, -0.1) is 0 Å². The van der Waals surface area contributed by atoms with Crippen LogP contribution in [-0.2, 0) is 4.79 Å². The Balaban J connectivity index is 1.91. The Hall–Kier alpha value is -0.370. The fraction of sp³-hybridized carbons (Fsp3) is 0.933. The molecule has 0 radical (unpaired) electrons. The standard InChI is InChI=1S/C15H27NO/c1-12(2)13-6-5-10-16(11-9-13)14-7-3-4-8-15(14)17/h12-14H,3-11H2,1-2H3. The molecular weight excluding hydrogens is 210 g/mol. The van der Waals surface area contributed by atoms with Crippen LogP contribution >= 0.6 is 0 Å². The summed E-state index contributed by atoms with van der Waals surface area (Å²) in [5, 5.41) is 0. The third kappa shape index (κ3) is 3.31. The number of likely N-dealkylation sites (tertiary alicyclic amines) is 1. The van der Waals surface area contributed by atoms with E-state index >= 15 is 0 Å². The van der Waals surface area contributed by atoms with E-state index in [0.717, 1.165) is 44.2 Å². The zero-order valence-electron chi connectivity index (χ0n) is 11.5. The van der Waals surface area contributed by atoms with Crippen molar-refractivity contribution in [3.05, 3.63) is 0 Å². The van der Waals surface area contributed by atoms with E-state index in [2.05, 4.69) is 18.7 Å². The highest BCUT2D eigenvalue weighted by molar-refractivity contribution is 5.84. The Kier molecular flexibility index (Phi) is 4.61. The van der Waals surface area contributed by atoms with Crippen LogP contribution in [0.3, 0.4) is 0 Å². The zero-order chi connectivity index (χ0) is 12.3. The molecule has 2 unspecified atom stereocenters. The summed E-state index contributed by atoms with van der Waals surface area (Å²) in [4.78, 5) is 14.5. The second kappa shape index (κ2) is 5.99. The van der Waals surface area contributed by atoms with Crippen molar-refractivity contribution in [2.45, 2.75) is 64.8 Å². The van der Waals surface area contributed by atoms with Crippen molar-refractivity contribution in [1.82, 2.24) is 4.90 Å². The molecule has 0 N–H and O–H groups in total. The van der Waals surface area contributed by atoms with Crippen molar-refractivity contribution >= 4 is 5.78 Å². The Labute approximate surface area is 106 Å². The Morgan fingerprint density at radius 2 is 1.88 bits per heavy atom. The van der Waals surface area contributed by atoms with Gasteiger partial charge < -0.3 is 0 Å². The highest BCUT2D eigenvalue weighted by atomic mass is 16.1. The lowest BCUT2D eigenvalue weighted by Crippen LogP contribution is -2.43. The number of ketones is 1. The molecule has 0 aromatic heterocycles. The van der Waals surface area contributed by atoms with Crippen molar-refractivity contribution in [2.75, 3.05) is 13.1 Å². The van der Waals surface area contributed by atoms with Gasteiger partial charge >= 0.3 is 0 Å². The number of hydrogen-bond donors (Lipinski definition) is 0. The van der Waals surface area contributed by atoms with E-state index in [1.54, 1.807) is 0 Å². The maximum atomic E-state index is 12.0. The van der Waals surface area contributed by atoms with E-state index in [1.165, 1.54) is 25.7 Å². The molecule has 2 heteroatoms. The molecule has 0 bridgehead atoms. The minimum Gasteiger partial charge on any atom is -0.298 e. The number of nitrogens with zero attached hydrogens (tertiary/aromatic N) is 1. The summed E-state index contributed by atoms with van der Waals surface area (Å²) in [6.45, 7) is 6.98. The number of rotatable bonds is 2. The minimum atomic E-state index is 0.273. The van der Waals surface area contributed by atoms with Gasteiger partial charge in [-0.3, -0.25) is 9.69 Å². The molecule has 2 rings (SSSR count). The molecule has 2 aliphatic rings. The van der Waals surface area contributed by atoms with Crippen molar-refractivity contribution in [3.63, 3.8) is 0 Å². The summed E-state index contributed by atoms with van der Waals surface area (Å²) in [5.74, 6) is 2.19. The predicted octanol–water partition coefficient (Wildman–Crippen LogP) is 3.26. The van der Waals surface area contributed by atoms with Crippen LogP contribution in [0, 0.1) is 11.8 Å². The molecule has 0 amide bonds. The second-order valence-electron chi connectivity index (χ2n) is 6.20. The van der Waals surface area contributed by atoms with Crippen LogP contribution in [0.2, 0.25) is 0 Å². The summed E-state index contributed by atoms with van der Waals surface area (Å²) >= 11 is 0. The molecule has 0 aromatic rings. The average Bonchev–Trinajstić information content (AvgIpc) is 2.55. The fourth-order valence-electron chi connectivity index (χ4n) is 3.47. The van der Waals surface area contributed by atoms with E-state index in [9.17, 15) is 4.79 Å².